The van der Waals surface area contributed by atoms with Gasteiger partial charge in [0, 0.05) is 40.8 Å². The van der Waals surface area contributed by atoms with Crippen LogP contribution in [0.2, 0.25) is 0 Å². The van der Waals surface area contributed by atoms with Gasteiger partial charge >= 0.3 is 0 Å². The van der Waals surface area contributed by atoms with Gasteiger partial charge in [0.15, 0.2) is 0 Å². The number of hydrogen-bond donors (Lipinski definition) is 1. The normalized spacial score (nSPS) is 14.6. The molecule has 186 valence electrons. The van der Waals surface area contributed by atoms with E-state index in [1.165, 1.54) is 14.6 Å². The zero-order chi connectivity index (χ0) is 26.4. The van der Waals surface area contributed by atoms with Gasteiger partial charge in [0.1, 0.15) is 12.1 Å². The van der Waals surface area contributed by atoms with Crippen molar-refractivity contribution in [2.75, 3.05) is 5.75 Å². The molecule has 3 nitrogen and oxygen atoms in total. The smallest absolute Gasteiger partial charge is 0.103 e. The van der Waals surface area contributed by atoms with Gasteiger partial charge < -0.3 is 5.73 Å². The average Bonchev–Trinajstić information content (AvgIpc) is 3.68. The number of nitriles is 2. The van der Waals surface area contributed by atoms with Crippen molar-refractivity contribution < 1.29 is 0 Å². The molecule has 0 saturated heterocycles. The molecule has 8 heteroatoms. The van der Waals surface area contributed by atoms with E-state index in [1.54, 1.807) is 57.5 Å². The van der Waals surface area contributed by atoms with E-state index in [0.717, 1.165) is 48.6 Å². The quantitative estimate of drug-likeness (QED) is 0.203. The first-order valence-electron chi connectivity index (χ1n) is 11.5. The Balaban J connectivity index is 1.53. The lowest BCUT2D eigenvalue weighted by Crippen LogP contribution is -1.99. The highest BCUT2D eigenvalue weighted by Gasteiger charge is 2.18. The zero-order valence-electron chi connectivity index (χ0n) is 20.5. The molecule has 3 aromatic rings. The minimum Gasteiger partial charge on any atom is -0.396 e. The lowest BCUT2D eigenvalue weighted by atomic mass is 10.1. The van der Waals surface area contributed by atoms with Crippen molar-refractivity contribution in [3.8, 4) is 21.9 Å². The van der Waals surface area contributed by atoms with Crippen LogP contribution in [0.5, 0.6) is 0 Å². The summed E-state index contributed by atoms with van der Waals surface area (Å²) >= 11 is 8.38. The fourth-order valence-corrected chi connectivity index (χ4v) is 8.76. The van der Waals surface area contributed by atoms with Crippen molar-refractivity contribution in [1.29, 1.82) is 10.5 Å². The van der Waals surface area contributed by atoms with Gasteiger partial charge in [-0.15, -0.1) is 57.5 Å². The van der Waals surface area contributed by atoms with Gasteiger partial charge in [0.05, 0.1) is 21.7 Å². The van der Waals surface area contributed by atoms with Crippen LogP contribution in [0.25, 0.3) is 21.0 Å². The molecule has 0 aromatic carbocycles. The van der Waals surface area contributed by atoms with Crippen LogP contribution in [0, 0.1) is 29.6 Å². The number of allylic oxidation sites excluding steroid dienone is 6. The van der Waals surface area contributed by atoms with Crippen molar-refractivity contribution >= 4 is 68.8 Å². The molecule has 0 amide bonds. The van der Waals surface area contributed by atoms with Gasteiger partial charge in [-0.2, -0.15) is 10.5 Å². The largest absolute Gasteiger partial charge is 0.396 e. The van der Waals surface area contributed by atoms with Gasteiger partial charge in [-0.3, -0.25) is 0 Å². The Morgan fingerprint density at radius 2 is 2.00 bits per heavy atom. The van der Waals surface area contributed by atoms with Crippen LogP contribution in [-0.2, 0) is 5.75 Å². The molecular weight excluding hydrogens is 551 g/mol. The van der Waals surface area contributed by atoms with Crippen LogP contribution in [0.15, 0.2) is 81.5 Å². The SMILES string of the molecule is C=C(C)/C=C(/C=C(\C#N)c1cccs1)SCc1ccc(-c2sc(/C(N)=C(\C#N)C3=CCCS3)cc2C)s1. The van der Waals surface area contributed by atoms with Crippen LogP contribution in [0.1, 0.15) is 33.5 Å². The van der Waals surface area contributed by atoms with Crippen molar-refractivity contribution in [2.24, 2.45) is 5.73 Å². The highest BCUT2D eigenvalue weighted by molar-refractivity contribution is 8.03. The number of nitrogens with zero attached hydrogens (tertiary/aromatic N) is 2. The highest BCUT2D eigenvalue weighted by Crippen LogP contribution is 2.41. The zero-order valence-corrected chi connectivity index (χ0v) is 24.6. The Morgan fingerprint density at radius 3 is 2.65 bits per heavy atom. The summed E-state index contributed by atoms with van der Waals surface area (Å²) in [5.41, 5.74) is 10.4. The molecule has 0 spiro atoms. The second kappa shape index (κ2) is 12.7. The first-order valence-corrected chi connectivity index (χ1v) is 16.0. The van der Waals surface area contributed by atoms with E-state index in [9.17, 15) is 10.5 Å². The maximum absolute atomic E-state index is 9.73. The molecule has 0 saturated carbocycles. The van der Waals surface area contributed by atoms with E-state index in [0.29, 0.717) is 16.8 Å². The summed E-state index contributed by atoms with van der Waals surface area (Å²) in [6, 6.07) is 15.0. The Hall–Kier alpha value is -2.72. The van der Waals surface area contributed by atoms with Crippen LogP contribution < -0.4 is 5.73 Å². The molecule has 3 aromatic heterocycles. The Bertz CT molecular complexity index is 1510. The fourth-order valence-electron chi connectivity index (χ4n) is 3.66. The number of aryl methyl sites for hydroxylation is 1. The van der Waals surface area contributed by atoms with Crippen LogP contribution in [0.4, 0.5) is 0 Å². The maximum atomic E-state index is 9.73. The number of nitrogens with two attached hydrogens (primary N) is 1. The molecule has 2 N–H and O–H groups in total. The van der Waals surface area contributed by atoms with E-state index in [-0.39, 0.29) is 0 Å². The van der Waals surface area contributed by atoms with Crippen LogP contribution in [-0.4, -0.2) is 5.75 Å². The fraction of sp³-hybridized carbons (Fsp3) is 0.172. The molecule has 0 fully saturated rings. The number of rotatable bonds is 9. The van der Waals surface area contributed by atoms with Crippen LogP contribution >= 0.6 is 57.5 Å². The topological polar surface area (TPSA) is 73.6 Å². The number of thioether (sulfide) groups is 2. The summed E-state index contributed by atoms with van der Waals surface area (Å²) in [4.78, 5) is 7.55. The molecule has 1 aliphatic rings. The number of thiophene rings is 3. The first-order chi connectivity index (χ1) is 17.9. The molecular formula is C29H25N3S5. The minimum atomic E-state index is 0.565. The Labute approximate surface area is 239 Å². The van der Waals surface area contributed by atoms with Gasteiger partial charge in [-0.25, -0.2) is 0 Å². The summed E-state index contributed by atoms with van der Waals surface area (Å²) in [7, 11) is 0. The molecule has 4 heterocycles. The lowest BCUT2D eigenvalue weighted by molar-refractivity contribution is 1.27. The summed E-state index contributed by atoms with van der Waals surface area (Å²) in [5, 5.41) is 21.4. The lowest BCUT2D eigenvalue weighted by Gasteiger charge is -2.04. The maximum Gasteiger partial charge on any atom is 0.103 e. The first kappa shape index (κ1) is 27.3. The molecule has 1 aliphatic heterocycles. The molecule has 0 bridgehead atoms. The second-order valence-electron chi connectivity index (χ2n) is 8.32. The molecule has 4 rings (SSSR count). The molecule has 0 aliphatic carbocycles. The predicted octanol–water partition coefficient (Wildman–Crippen LogP) is 9.36. The van der Waals surface area contributed by atoms with E-state index in [2.05, 4.69) is 49.9 Å². The standard InChI is InChI=1S/C29H25N3S5/c1-18(2)12-22(14-20(15-30)24-6-4-10-33-24)35-17-21-8-9-26(36-21)29-19(3)13-27(37-29)28(32)23(16-31)25-7-5-11-34-25/h4,6-10,12-14H,1,5,11,17,32H2,2-3H3/b20-14+,22-12-,28-23-. The molecule has 37 heavy (non-hydrogen) atoms. The van der Waals surface area contributed by atoms with Gasteiger partial charge in [-0.1, -0.05) is 24.3 Å². The van der Waals surface area contributed by atoms with Crippen molar-refractivity contribution in [2.45, 2.75) is 26.0 Å². The van der Waals surface area contributed by atoms with Crippen molar-refractivity contribution in [3.63, 3.8) is 0 Å². The molecule has 0 radical (unpaired) electrons. The average molecular weight is 576 g/mol. The van der Waals surface area contributed by atoms with Crippen LogP contribution in [0.3, 0.4) is 0 Å². The second-order valence-corrected chi connectivity index (χ2v) is 13.7. The minimum absolute atomic E-state index is 0.565. The summed E-state index contributed by atoms with van der Waals surface area (Å²) in [5.74, 6) is 1.80. The van der Waals surface area contributed by atoms with E-state index >= 15 is 0 Å². The number of hydrogen-bond acceptors (Lipinski definition) is 8. The monoisotopic (exact) mass is 575 g/mol. The highest BCUT2D eigenvalue weighted by atomic mass is 32.2. The van der Waals surface area contributed by atoms with Crippen molar-refractivity contribution in [3.05, 3.63) is 102 Å². The summed E-state index contributed by atoms with van der Waals surface area (Å²) in [6.45, 7) is 8.09. The van der Waals surface area contributed by atoms with Gasteiger partial charge in [0.25, 0.3) is 0 Å². The third kappa shape index (κ3) is 6.78. The van der Waals surface area contributed by atoms with Gasteiger partial charge in [-0.05, 0) is 67.6 Å². The van der Waals surface area contributed by atoms with E-state index in [1.807, 2.05) is 36.6 Å². The van der Waals surface area contributed by atoms with Crippen molar-refractivity contribution in [1.82, 2.24) is 0 Å². The predicted molar refractivity (Wildman–Crippen MR) is 166 cm³/mol. The Kier molecular flexibility index (Phi) is 9.37. The molecule has 0 unspecified atom stereocenters. The summed E-state index contributed by atoms with van der Waals surface area (Å²) in [6.07, 6.45) is 7.07. The molecule has 0 atom stereocenters. The Morgan fingerprint density at radius 1 is 1.16 bits per heavy atom. The van der Waals surface area contributed by atoms with Gasteiger partial charge in [0.2, 0.25) is 0 Å². The third-order valence-corrected chi connectivity index (χ3v) is 11.1. The third-order valence-electron chi connectivity index (χ3n) is 5.36. The summed E-state index contributed by atoms with van der Waals surface area (Å²) < 4.78 is 0. The van der Waals surface area contributed by atoms with E-state index < -0.39 is 0 Å². The van der Waals surface area contributed by atoms with E-state index in [4.69, 9.17) is 5.73 Å².